The van der Waals surface area contributed by atoms with Gasteiger partial charge in [0, 0.05) is 22.1 Å². The lowest BCUT2D eigenvalue weighted by Gasteiger charge is -2.08. The Labute approximate surface area is 179 Å². The number of H-pyrrole nitrogens is 2. The minimum absolute atomic E-state index is 0.173. The molecule has 0 aliphatic carbocycles. The number of aromatic nitrogens is 4. The number of rotatable bonds is 0. The van der Waals surface area contributed by atoms with E-state index in [4.69, 9.17) is 7.85 Å². The third-order valence-corrected chi connectivity index (χ3v) is 5.21. The van der Waals surface area contributed by atoms with Gasteiger partial charge in [-0.3, -0.25) is 9.97 Å². The molecule has 0 saturated heterocycles. The summed E-state index contributed by atoms with van der Waals surface area (Å²) in [4.78, 5) is 14.9. The Bertz CT molecular complexity index is 1270. The standard InChI is InChI=1S/C20H17BN4O4.C2H6/c21-15-11-4-3-10(23-11)7-13-18(27)17(26)12(24-13)5-8-1-2-9(22-8)6-14-19(28)20(29)16(15)25-14;1-2/h1-7,17-20,22-23,26-29H;1-2H3. The van der Waals surface area contributed by atoms with Crippen molar-refractivity contribution in [3.63, 3.8) is 0 Å². The van der Waals surface area contributed by atoms with Gasteiger partial charge in [-0.05, 0) is 47.9 Å². The highest BCUT2D eigenvalue weighted by molar-refractivity contribution is 6.37. The number of nitrogens with one attached hydrogen (secondary N) is 2. The van der Waals surface area contributed by atoms with E-state index in [0.717, 1.165) is 0 Å². The number of hydrogen-bond acceptors (Lipinski definition) is 6. The van der Waals surface area contributed by atoms with Gasteiger partial charge in [-0.2, -0.15) is 0 Å². The monoisotopic (exact) mass is 418 g/mol. The average Bonchev–Trinajstić information content (AvgIpc) is 3.53. The molecule has 2 aliphatic heterocycles. The molecule has 0 amide bonds. The van der Waals surface area contributed by atoms with E-state index in [9.17, 15) is 20.4 Å². The van der Waals surface area contributed by atoms with Gasteiger partial charge in [0.1, 0.15) is 32.3 Å². The third kappa shape index (κ3) is 3.77. The largest absolute Gasteiger partial charge is 0.384 e. The first-order valence-electron chi connectivity index (χ1n) is 10.1. The first kappa shape index (κ1) is 21.3. The van der Waals surface area contributed by atoms with Gasteiger partial charge in [0.25, 0.3) is 0 Å². The van der Waals surface area contributed by atoms with Crippen molar-refractivity contribution < 1.29 is 20.4 Å². The topological polar surface area (TPSA) is 138 Å². The van der Waals surface area contributed by atoms with Gasteiger partial charge >= 0.3 is 0 Å². The second-order valence-electron chi connectivity index (χ2n) is 7.21. The molecule has 4 atom stereocenters. The summed E-state index contributed by atoms with van der Waals surface area (Å²) >= 11 is 0. The molecule has 3 aromatic heterocycles. The number of aliphatic hydroxyl groups is 4. The van der Waals surface area contributed by atoms with E-state index in [1.54, 1.807) is 42.5 Å². The van der Waals surface area contributed by atoms with Crippen LogP contribution < -0.4 is 5.46 Å². The molecule has 2 aliphatic rings. The predicted molar refractivity (Wildman–Crippen MR) is 118 cm³/mol. The van der Waals surface area contributed by atoms with Gasteiger partial charge in [-0.15, -0.1) is 0 Å². The van der Waals surface area contributed by atoms with Crippen LogP contribution in [0.25, 0.3) is 22.1 Å². The lowest BCUT2D eigenvalue weighted by atomic mass is 9.91. The van der Waals surface area contributed by atoms with Crippen molar-refractivity contribution in [3.8, 4) is 0 Å². The lowest BCUT2D eigenvalue weighted by molar-refractivity contribution is 0.0254. The van der Waals surface area contributed by atoms with Gasteiger partial charge in [-0.1, -0.05) is 13.8 Å². The molecule has 8 bridgehead atoms. The van der Waals surface area contributed by atoms with Gasteiger partial charge in [0.05, 0.1) is 22.8 Å². The second kappa shape index (κ2) is 8.28. The molecular formula is C22H23BN4O4. The summed E-state index contributed by atoms with van der Waals surface area (Å²) in [7, 11) is 6.20. The van der Waals surface area contributed by atoms with Crippen molar-refractivity contribution in [3.05, 3.63) is 65.2 Å². The van der Waals surface area contributed by atoms with Gasteiger partial charge < -0.3 is 30.4 Å². The first-order chi connectivity index (χ1) is 14.9. The van der Waals surface area contributed by atoms with Crippen LogP contribution in [0.3, 0.4) is 0 Å². The number of nitrogens with zero attached hydrogens (tertiary/aromatic N) is 2. The lowest BCUT2D eigenvalue weighted by Crippen LogP contribution is -2.15. The van der Waals surface area contributed by atoms with E-state index in [-0.39, 0.29) is 16.9 Å². The summed E-state index contributed by atoms with van der Waals surface area (Å²) in [5, 5.41) is 41.5. The Morgan fingerprint density at radius 3 is 1.71 bits per heavy atom. The number of aliphatic hydroxyl groups excluding tert-OH is 4. The van der Waals surface area contributed by atoms with E-state index < -0.39 is 24.4 Å². The zero-order chi connectivity index (χ0) is 22.3. The molecule has 0 aromatic carbocycles. The first-order valence-corrected chi connectivity index (χ1v) is 10.1. The van der Waals surface area contributed by atoms with Crippen LogP contribution >= 0.6 is 0 Å². The summed E-state index contributed by atoms with van der Waals surface area (Å²) in [5.74, 6) is 0. The van der Waals surface area contributed by atoms with E-state index in [2.05, 4.69) is 19.9 Å². The SMILES string of the molecule is CC.[B]c1c2nc(cc3ccc(cc4nc(cc5ccc1[nH]5)C(O)C4O)[nH]3)C(O)C2O. The van der Waals surface area contributed by atoms with Crippen molar-refractivity contribution in [1.29, 1.82) is 0 Å². The van der Waals surface area contributed by atoms with Crippen molar-refractivity contribution in [2.45, 2.75) is 38.3 Å². The highest BCUT2D eigenvalue weighted by Crippen LogP contribution is 2.33. The molecule has 2 radical (unpaired) electrons. The molecule has 0 spiro atoms. The molecule has 6 N–H and O–H groups in total. The van der Waals surface area contributed by atoms with Gasteiger partial charge in [0.15, 0.2) is 0 Å². The third-order valence-electron chi connectivity index (χ3n) is 5.21. The zero-order valence-electron chi connectivity index (χ0n) is 17.1. The summed E-state index contributed by atoms with van der Waals surface area (Å²) in [6.07, 6.45) is -4.75. The van der Waals surface area contributed by atoms with Crippen molar-refractivity contribution in [1.82, 2.24) is 19.9 Å². The molecule has 158 valence electrons. The van der Waals surface area contributed by atoms with Crippen LogP contribution in [-0.4, -0.2) is 48.2 Å². The van der Waals surface area contributed by atoms with E-state index in [1.165, 1.54) is 0 Å². The fourth-order valence-electron chi connectivity index (χ4n) is 3.63. The van der Waals surface area contributed by atoms with Crippen LogP contribution in [0.4, 0.5) is 0 Å². The molecule has 5 heterocycles. The highest BCUT2D eigenvalue weighted by atomic mass is 16.3. The van der Waals surface area contributed by atoms with Crippen molar-refractivity contribution in [2.75, 3.05) is 0 Å². The van der Waals surface area contributed by atoms with Crippen LogP contribution in [0.15, 0.2) is 42.5 Å². The number of fused-ring (bicyclic) bond motifs is 8. The fraction of sp³-hybridized carbons (Fsp3) is 0.273. The predicted octanol–water partition coefficient (Wildman–Crippen LogP) is 1.67. The van der Waals surface area contributed by atoms with E-state index in [1.807, 2.05) is 13.8 Å². The van der Waals surface area contributed by atoms with Gasteiger partial charge in [-0.25, -0.2) is 0 Å². The van der Waals surface area contributed by atoms with Crippen LogP contribution in [0.5, 0.6) is 0 Å². The maximum absolute atomic E-state index is 10.4. The molecule has 0 saturated carbocycles. The molecule has 31 heavy (non-hydrogen) atoms. The average molecular weight is 418 g/mol. The van der Waals surface area contributed by atoms with Crippen LogP contribution in [0.2, 0.25) is 0 Å². The van der Waals surface area contributed by atoms with Gasteiger partial charge in [0.2, 0.25) is 0 Å². The van der Waals surface area contributed by atoms with Crippen LogP contribution in [0, 0.1) is 0 Å². The summed E-state index contributed by atoms with van der Waals surface area (Å²) in [6, 6.07) is 11.8. The quantitative estimate of drug-likeness (QED) is 0.307. The van der Waals surface area contributed by atoms with Crippen LogP contribution in [-0.2, 0) is 0 Å². The van der Waals surface area contributed by atoms with Crippen molar-refractivity contribution in [2.24, 2.45) is 0 Å². The molecule has 4 unspecified atom stereocenters. The Morgan fingerprint density at radius 1 is 0.677 bits per heavy atom. The fourth-order valence-corrected chi connectivity index (χ4v) is 3.63. The molecule has 8 nitrogen and oxygen atoms in total. The van der Waals surface area contributed by atoms with E-state index >= 15 is 0 Å². The summed E-state index contributed by atoms with van der Waals surface area (Å²) < 4.78 is 0. The zero-order valence-corrected chi connectivity index (χ0v) is 17.1. The second-order valence-corrected chi connectivity index (χ2v) is 7.21. The number of hydrogen-bond donors (Lipinski definition) is 6. The minimum Gasteiger partial charge on any atom is -0.384 e. The Balaban J connectivity index is 0.00000112. The molecule has 5 rings (SSSR count). The normalized spacial score (nSPS) is 22.6. The van der Waals surface area contributed by atoms with Crippen molar-refractivity contribution >= 4 is 35.4 Å². The minimum atomic E-state index is -1.25. The Morgan fingerprint density at radius 2 is 1.13 bits per heavy atom. The molecule has 9 heteroatoms. The Hall–Kier alpha value is -2.98. The van der Waals surface area contributed by atoms with Crippen LogP contribution in [0.1, 0.15) is 61.0 Å². The molecule has 0 fully saturated rings. The van der Waals surface area contributed by atoms with E-state index in [0.29, 0.717) is 33.5 Å². The summed E-state index contributed by atoms with van der Waals surface area (Å²) in [6.45, 7) is 4.00. The molecule has 3 aromatic rings. The number of aromatic amines is 2. The highest BCUT2D eigenvalue weighted by Gasteiger charge is 2.30. The Kier molecular flexibility index (Phi) is 5.68. The smallest absolute Gasteiger partial charge is 0.127 e. The molecular weight excluding hydrogens is 395 g/mol. The summed E-state index contributed by atoms with van der Waals surface area (Å²) in [5.41, 5.74) is 3.69. The maximum atomic E-state index is 10.4. The maximum Gasteiger partial charge on any atom is 0.127 e.